The molecule has 0 aliphatic heterocycles. The Morgan fingerprint density at radius 1 is 0.542 bits per heavy atom. The number of aromatic nitrogens is 3. The number of rotatable bonds is 3. The maximum absolute atomic E-state index is 5.54. The maximum Gasteiger partial charge on any atom is 0.138 e. The van der Waals surface area contributed by atoms with E-state index in [-0.39, 0.29) is 21.7 Å². The Labute approximate surface area is 293 Å². The fourth-order valence-electron chi connectivity index (χ4n) is 6.46. The molecule has 0 N–H and O–H groups in total. The highest BCUT2D eigenvalue weighted by molar-refractivity contribution is 7.80. The predicted octanol–water partition coefficient (Wildman–Crippen LogP) is 12.4. The molecule has 0 spiro atoms. The number of benzene rings is 3. The molecule has 3 heterocycles. The van der Waals surface area contributed by atoms with E-state index in [9.17, 15) is 0 Å². The summed E-state index contributed by atoms with van der Waals surface area (Å²) in [7, 11) is 0. The zero-order chi connectivity index (χ0) is 35.0. The predicted molar refractivity (Wildman–Crippen MR) is 209 cm³/mol. The Kier molecular flexibility index (Phi) is 8.23. The highest BCUT2D eigenvalue weighted by Crippen LogP contribution is 2.42. The fraction of sp³-hybridized carbons (Fsp3) is 0.364. The number of nitrogens with zero attached hydrogens (tertiary/aromatic N) is 3. The van der Waals surface area contributed by atoms with Gasteiger partial charge in [-0.25, -0.2) is 4.98 Å². The summed E-state index contributed by atoms with van der Waals surface area (Å²) < 4.78 is 2.36. The van der Waals surface area contributed by atoms with E-state index in [1.807, 2.05) is 18.3 Å². The Morgan fingerprint density at radius 3 is 1.81 bits per heavy atom. The third-order valence-electron chi connectivity index (χ3n) is 9.56. The van der Waals surface area contributed by atoms with E-state index in [2.05, 4.69) is 154 Å². The van der Waals surface area contributed by atoms with Crippen LogP contribution in [0.3, 0.4) is 0 Å². The van der Waals surface area contributed by atoms with Crippen molar-refractivity contribution in [3.63, 3.8) is 0 Å². The van der Waals surface area contributed by atoms with Crippen molar-refractivity contribution in [3.8, 4) is 28.3 Å². The van der Waals surface area contributed by atoms with Crippen LogP contribution in [0.4, 0.5) is 0 Å². The maximum atomic E-state index is 5.54. The lowest BCUT2D eigenvalue weighted by Gasteiger charge is -2.29. The molecular weight excluding hydrogens is 603 g/mol. The second-order valence-electron chi connectivity index (χ2n) is 17.5. The summed E-state index contributed by atoms with van der Waals surface area (Å²) >= 11 is 5.23. The third kappa shape index (κ3) is 6.32. The van der Waals surface area contributed by atoms with Crippen molar-refractivity contribution in [1.82, 2.24) is 14.5 Å². The SMILES string of the molecule is CC(C)(C)c1cc(-c2cc(C(C)(C)C)cc(C(C)(C)C)c2S)nc(-n2c3ccc(C(C)(C)C)cc3c3ccc(-c4ccccn4)cc32)c1. The summed E-state index contributed by atoms with van der Waals surface area (Å²) in [4.78, 5) is 11.2. The third-order valence-corrected chi connectivity index (χ3v) is 10.0. The molecular formula is C44H51N3S. The second-order valence-corrected chi connectivity index (χ2v) is 18.0. The minimum atomic E-state index is -0.102. The van der Waals surface area contributed by atoms with Crippen LogP contribution in [0, 0.1) is 0 Å². The largest absolute Gasteiger partial charge is 0.294 e. The average Bonchev–Trinajstić information content (AvgIpc) is 3.32. The van der Waals surface area contributed by atoms with E-state index in [0.717, 1.165) is 44.3 Å². The van der Waals surface area contributed by atoms with Crippen LogP contribution in [-0.4, -0.2) is 14.5 Å². The van der Waals surface area contributed by atoms with Gasteiger partial charge in [0.05, 0.1) is 22.4 Å². The van der Waals surface area contributed by atoms with Crippen LogP contribution in [0.1, 0.15) is 105 Å². The van der Waals surface area contributed by atoms with Gasteiger partial charge in [0.25, 0.3) is 0 Å². The van der Waals surface area contributed by atoms with Crippen molar-refractivity contribution in [1.29, 1.82) is 0 Å². The normalized spacial score (nSPS) is 13.1. The molecule has 0 aliphatic carbocycles. The number of hydrogen-bond acceptors (Lipinski definition) is 3. The van der Waals surface area contributed by atoms with Crippen LogP contribution in [0.15, 0.2) is 90.0 Å². The molecule has 3 aromatic carbocycles. The summed E-state index contributed by atoms with van der Waals surface area (Å²) in [6, 6.07) is 29.0. The molecule has 4 heteroatoms. The first-order valence-electron chi connectivity index (χ1n) is 17.1. The molecule has 6 rings (SSSR count). The van der Waals surface area contributed by atoms with E-state index >= 15 is 0 Å². The molecule has 248 valence electrons. The molecule has 0 saturated carbocycles. The Morgan fingerprint density at radius 2 is 1.21 bits per heavy atom. The summed E-state index contributed by atoms with van der Waals surface area (Å²) in [6.07, 6.45) is 1.86. The monoisotopic (exact) mass is 653 g/mol. The summed E-state index contributed by atoms with van der Waals surface area (Å²) in [5.41, 5.74) is 11.2. The number of pyridine rings is 2. The lowest BCUT2D eigenvalue weighted by Crippen LogP contribution is -2.18. The van der Waals surface area contributed by atoms with Crippen molar-refractivity contribution in [3.05, 3.63) is 107 Å². The lowest BCUT2D eigenvalue weighted by molar-refractivity contribution is 0.560. The summed E-state index contributed by atoms with van der Waals surface area (Å²) in [5.74, 6) is 0.908. The van der Waals surface area contributed by atoms with Crippen LogP contribution >= 0.6 is 12.6 Å². The van der Waals surface area contributed by atoms with Crippen molar-refractivity contribution >= 4 is 34.4 Å². The quantitative estimate of drug-likeness (QED) is 0.193. The lowest BCUT2D eigenvalue weighted by atomic mass is 9.78. The van der Waals surface area contributed by atoms with Gasteiger partial charge in [0.15, 0.2) is 0 Å². The molecule has 0 fully saturated rings. The molecule has 0 unspecified atom stereocenters. The first kappa shape index (κ1) is 34.0. The molecule has 6 aromatic rings. The Bertz CT molecular complexity index is 2160. The van der Waals surface area contributed by atoms with E-state index in [4.69, 9.17) is 22.6 Å². The smallest absolute Gasteiger partial charge is 0.138 e. The molecule has 0 bridgehead atoms. The fourth-order valence-corrected chi connectivity index (χ4v) is 7.04. The van der Waals surface area contributed by atoms with E-state index in [1.165, 1.54) is 33.0 Å². The zero-order valence-electron chi connectivity index (χ0n) is 30.9. The van der Waals surface area contributed by atoms with Gasteiger partial charge in [-0.3, -0.25) is 9.55 Å². The van der Waals surface area contributed by atoms with Crippen molar-refractivity contribution in [2.24, 2.45) is 0 Å². The molecule has 0 radical (unpaired) electrons. The zero-order valence-corrected chi connectivity index (χ0v) is 31.8. The minimum Gasteiger partial charge on any atom is -0.294 e. The van der Waals surface area contributed by atoms with Gasteiger partial charge in [0.2, 0.25) is 0 Å². The van der Waals surface area contributed by atoms with Crippen LogP contribution in [0.2, 0.25) is 0 Å². The molecule has 0 amide bonds. The van der Waals surface area contributed by atoms with Gasteiger partial charge < -0.3 is 0 Å². The highest BCUT2D eigenvalue weighted by Gasteiger charge is 2.27. The average molecular weight is 654 g/mol. The van der Waals surface area contributed by atoms with Gasteiger partial charge in [-0.15, -0.1) is 12.6 Å². The van der Waals surface area contributed by atoms with Crippen LogP contribution in [0.5, 0.6) is 0 Å². The summed E-state index contributed by atoms with van der Waals surface area (Å²) in [5, 5.41) is 2.44. The molecule has 3 nitrogen and oxygen atoms in total. The second kappa shape index (κ2) is 11.6. The van der Waals surface area contributed by atoms with Crippen molar-refractivity contribution in [2.45, 2.75) is 110 Å². The molecule has 0 aliphatic rings. The molecule has 0 atom stereocenters. The van der Waals surface area contributed by atoms with Crippen LogP contribution in [-0.2, 0) is 21.7 Å². The van der Waals surface area contributed by atoms with E-state index < -0.39 is 0 Å². The van der Waals surface area contributed by atoms with Gasteiger partial charge in [0, 0.05) is 33.0 Å². The summed E-state index contributed by atoms with van der Waals surface area (Å²) in [6.45, 7) is 27.3. The first-order valence-corrected chi connectivity index (χ1v) is 17.6. The molecule has 0 saturated heterocycles. The van der Waals surface area contributed by atoms with E-state index in [0.29, 0.717) is 0 Å². The topological polar surface area (TPSA) is 30.7 Å². The van der Waals surface area contributed by atoms with Gasteiger partial charge in [-0.05, 0) is 92.4 Å². The van der Waals surface area contributed by atoms with Gasteiger partial charge >= 0.3 is 0 Å². The van der Waals surface area contributed by atoms with Crippen molar-refractivity contribution in [2.75, 3.05) is 0 Å². The number of fused-ring (bicyclic) bond motifs is 3. The van der Waals surface area contributed by atoms with Gasteiger partial charge in [-0.1, -0.05) is 113 Å². The van der Waals surface area contributed by atoms with Crippen LogP contribution in [0.25, 0.3) is 50.1 Å². The molecule has 48 heavy (non-hydrogen) atoms. The van der Waals surface area contributed by atoms with Gasteiger partial charge in [0.1, 0.15) is 5.82 Å². The Hall–Kier alpha value is -3.89. The minimum absolute atomic E-state index is 0.0276. The van der Waals surface area contributed by atoms with Crippen molar-refractivity contribution < 1.29 is 0 Å². The van der Waals surface area contributed by atoms with E-state index in [1.54, 1.807) is 0 Å². The van der Waals surface area contributed by atoms with Gasteiger partial charge in [-0.2, -0.15) is 0 Å². The highest BCUT2D eigenvalue weighted by atomic mass is 32.1. The number of thiol groups is 1. The molecule has 3 aromatic heterocycles. The standard InChI is InChI=1S/C44H51N3S/c1-41(2,3)28-17-19-37-32(22-28)31-18-16-27(35-15-13-14-20-45-35)21-38(31)47(37)39-26-30(43(7,8)9)25-36(46-39)33-23-29(42(4,5)6)24-34(40(33)48)44(10,11)12/h13-26,48H,1-12H3. The number of hydrogen-bond donors (Lipinski definition) is 1. The first-order chi connectivity index (χ1) is 22.2. The Balaban J connectivity index is 1.72. The van der Waals surface area contributed by atoms with Crippen LogP contribution < -0.4 is 0 Å².